The van der Waals surface area contributed by atoms with Crippen molar-refractivity contribution in [1.29, 1.82) is 0 Å². The Labute approximate surface area is 125 Å². The van der Waals surface area contributed by atoms with Gasteiger partial charge in [-0.2, -0.15) is 11.8 Å². The first kappa shape index (κ1) is 17.1. The quantitative estimate of drug-likeness (QED) is 0.704. The van der Waals surface area contributed by atoms with Crippen LogP contribution >= 0.6 is 11.8 Å². The van der Waals surface area contributed by atoms with Gasteiger partial charge < -0.3 is 15.7 Å². The predicted octanol–water partition coefficient (Wildman–Crippen LogP) is 2.46. The van der Waals surface area contributed by atoms with Gasteiger partial charge in [0, 0.05) is 11.3 Å². The van der Waals surface area contributed by atoms with Crippen LogP contribution in [-0.4, -0.2) is 40.7 Å². The van der Waals surface area contributed by atoms with Crippen molar-refractivity contribution in [2.75, 3.05) is 6.26 Å². The van der Waals surface area contributed by atoms with Crippen LogP contribution in [-0.2, 0) is 4.79 Å². The number of carbonyl (C=O) groups is 2. The first-order chi connectivity index (χ1) is 9.47. The zero-order valence-corrected chi connectivity index (χ0v) is 13.3. The molecule has 3 N–H and O–H groups in total. The van der Waals surface area contributed by atoms with Crippen LogP contribution in [0.1, 0.15) is 46.0 Å². The molecule has 0 saturated heterocycles. The number of thioether (sulfide) groups is 1. The molecule has 0 aliphatic heterocycles. The summed E-state index contributed by atoms with van der Waals surface area (Å²) in [5.74, 6) is -1.05. The molecule has 0 heterocycles. The Balaban J connectivity index is 2.47. The van der Waals surface area contributed by atoms with Crippen LogP contribution in [0.15, 0.2) is 0 Å². The van der Waals surface area contributed by atoms with E-state index in [0.29, 0.717) is 5.25 Å². The number of aliphatic carboxylic acids is 1. The summed E-state index contributed by atoms with van der Waals surface area (Å²) in [6.07, 6.45) is 7.07. The van der Waals surface area contributed by atoms with Crippen LogP contribution < -0.4 is 10.6 Å². The molecule has 0 aromatic heterocycles. The minimum absolute atomic E-state index is 0.0800. The molecule has 116 valence electrons. The molecular formula is C14H26N2O3S. The lowest BCUT2D eigenvalue weighted by Gasteiger charge is -2.29. The zero-order chi connectivity index (χ0) is 15.1. The Hall–Kier alpha value is -0.910. The molecule has 0 aromatic carbocycles. The molecule has 1 fully saturated rings. The number of nitrogens with one attached hydrogen (secondary N) is 2. The van der Waals surface area contributed by atoms with E-state index in [9.17, 15) is 9.59 Å². The fraction of sp³-hybridized carbons (Fsp3) is 0.857. The lowest BCUT2D eigenvalue weighted by atomic mass is 9.95. The van der Waals surface area contributed by atoms with E-state index in [4.69, 9.17) is 5.11 Å². The third-order valence-electron chi connectivity index (χ3n) is 4.06. The van der Waals surface area contributed by atoms with Crippen LogP contribution in [0, 0.1) is 5.92 Å². The van der Waals surface area contributed by atoms with Gasteiger partial charge in [0.1, 0.15) is 6.04 Å². The van der Waals surface area contributed by atoms with Crippen LogP contribution in [0.4, 0.5) is 4.79 Å². The average molecular weight is 302 g/mol. The van der Waals surface area contributed by atoms with Crippen LogP contribution in [0.3, 0.4) is 0 Å². The highest BCUT2D eigenvalue weighted by Gasteiger charge is 2.27. The highest BCUT2D eigenvalue weighted by Crippen LogP contribution is 2.26. The standard InChI is InChI=1S/C14H26N2O3S/c1-4-9(2)12(13(17)18)16-14(19)15-10-6-5-7-11(8-10)20-3/h9-12H,4-8H2,1-3H3,(H,17,18)(H2,15,16,19)/t9-,10?,11?,12-/m0/s1. The van der Waals surface area contributed by atoms with E-state index in [2.05, 4.69) is 16.9 Å². The predicted molar refractivity (Wildman–Crippen MR) is 82.1 cm³/mol. The van der Waals surface area contributed by atoms with Gasteiger partial charge in [-0.3, -0.25) is 0 Å². The third kappa shape index (κ3) is 5.23. The van der Waals surface area contributed by atoms with Gasteiger partial charge in [0.05, 0.1) is 0 Å². The molecule has 1 aliphatic rings. The first-order valence-electron chi connectivity index (χ1n) is 7.30. The lowest BCUT2D eigenvalue weighted by molar-refractivity contribution is -0.140. The van der Waals surface area contributed by atoms with E-state index in [0.717, 1.165) is 25.7 Å². The Morgan fingerprint density at radius 1 is 1.40 bits per heavy atom. The van der Waals surface area contributed by atoms with Crippen molar-refractivity contribution in [2.45, 2.75) is 63.3 Å². The van der Waals surface area contributed by atoms with E-state index in [-0.39, 0.29) is 18.0 Å². The van der Waals surface area contributed by atoms with Gasteiger partial charge >= 0.3 is 12.0 Å². The summed E-state index contributed by atoms with van der Waals surface area (Å²) in [7, 11) is 0. The summed E-state index contributed by atoms with van der Waals surface area (Å²) in [5.41, 5.74) is 0. The number of amides is 2. The van der Waals surface area contributed by atoms with Gasteiger partial charge in [-0.25, -0.2) is 9.59 Å². The maximum atomic E-state index is 11.9. The second-order valence-corrected chi connectivity index (χ2v) is 6.68. The number of urea groups is 1. The smallest absolute Gasteiger partial charge is 0.326 e. The summed E-state index contributed by atoms with van der Waals surface area (Å²) < 4.78 is 0. The molecule has 4 atom stereocenters. The number of carboxylic acid groups (broad SMARTS) is 1. The lowest BCUT2D eigenvalue weighted by Crippen LogP contribution is -2.52. The van der Waals surface area contributed by atoms with Crippen LogP contribution in [0.2, 0.25) is 0 Å². The monoisotopic (exact) mass is 302 g/mol. The first-order valence-corrected chi connectivity index (χ1v) is 8.59. The van der Waals surface area contributed by atoms with Gasteiger partial charge in [-0.15, -0.1) is 0 Å². The number of rotatable bonds is 6. The fourth-order valence-corrected chi connectivity index (χ4v) is 3.37. The molecule has 20 heavy (non-hydrogen) atoms. The molecule has 1 rings (SSSR count). The van der Waals surface area contributed by atoms with Crippen molar-refractivity contribution in [3.63, 3.8) is 0 Å². The zero-order valence-electron chi connectivity index (χ0n) is 12.5. The highest BCUT2D eigenvalue weighted by molar-refractivity contribution is 7.99. The van der Waals surface area contributed by atoms with E-state index < -0.39 is 12.0 Å². The maximum absolute atomic E-state index is 11.9. The molecule has 0 bridgehead atoms. The van der Waals surface area contributed by atoms with Gasteiger partial charge in [0.15, 0.2) is 0 Å². The van der Waals surface area contributed by atoms with Gasteiger partial charge in [0.25, 0.3) is 0 Å². The summed E-state index contributed by atoms with van der Waals surface area (Å²) in [6, 6.07) is -1.02. The van der Waals surface area contributed by atoms with Crippen molar-refractivity contribution >= 4 is 23.8 Å². The molecule has 2 amide bonds. The van der Waals surface area contributed by atoms with Crippen LogP contribution in [0.25, 0.3) is 0 Å². The molecule has 2 unspecified atom stereocenters. The van der Waals surface area contributed by atoms with E-state index in [1.807, 2.05) is 25.6 Å². The summed E-state index contributed by atoms with van der Waals surface area (Å²) in [4.78, 5) is 23.1. The fourth-order valence-electron chi connectivity index (χ4n) is 2.54. The van der Waals surface area contributed by atoms with E-state index in [1.165, 1.54) is 6.42 Å². The molecule has 0 spiro atoms. The Morgan fingerprint density at radius 2 is 2.10 bits per heavy atom. The molecule has 1 aliphatic carbocycles. The molecule has 0 radical (unpaired) electrons. The van der Waals surface area contributed by atoms with Crippen molar-refractivity contribution in [2.24, 2.45) is 5.92 Å². The SMILES string of the molecule is CC[C@H](C)[C@H](NC(=O)NC1CCCC(SC)C1)C(=O)O. The Kier molecular flexibility index (Phi) is 7.19. The van der Waals surface area contributed by atoms with Crippen molar-refractivity contribution in [1.82, 2.24) is 10.6 Å². The molecule has 6 heteroatoms. The Morgan fingerprint density at radius 3 is 2.65 bits per heavy atom. The summed E-state index contributed by atoms with van der Waals surface area (Å²) >= 11 is 1.84. The second kappa shape index (κ2) is 8.39. The number of carboxylic acids is 1. The third-order valence-corrected chi connectivity index (χ3v) is 5.16. The number of carbonyl (C=O) groups excluding carboxylic acids is 1. The van der Waals surface area contributed by atoms with Gasteiger partial charge in [0.2, 0.25) is 0 Å². The van der Waals surface area contributed by atoms with E-state index in [1.54, 1.807) is 0 Å². The van der Waals surface area contributed by atoms with Crippen molar-refractivity contribution in [3.8, 4) is 0 Å². The summed E-state index contributed by atoms with van der Waals surface area (Å²) in [6.45, 7) is 3.76. The highest BCUT2D eigenvalue weighted by atomic mass is 32.2. The molecule has 5 nitrogen and oxygen atoms in total. The van der Waals surface area contributed by atoms with Crippen LogP contribution in [0.5, 0.6) is 0 Å². The Bertz CT molecular complexity index is 338. The minimum Gasteiger partial charge on any atom is -0.480 e. The van der Waals surface area contributed by atoms with Gasteiger partial charge in [-0.1, -0.05) is 26.7 Å². The van der Waals surface area contributed by atoms with Crippen molar-refractivity contribution in [3.05, 3.63) is 0 Å². The number of hydrogen-bond donors (Lipinski definition) is 3. The van der Waals surface area contributed by atoms with Gasteiger partial charge in [-0.05, 0) is 31.4 Å². The average Bonchev–Trinajstić information content (AvgIpc) is 2.43. The maximum Gasteiger partial charge on any atom is 0.326 e. The molecule has 0 aromatic rings. The minimum atomic E-state index is -0.972. The molecule has 1 saturated carbocycles. The normalized spacial score (nSPS) is 25.6. The van der Waals surface area contributed by atoms with E-state index >= 15 is 0 Å². The van der Waals surface area contributed by atoms with Crippen molar-refractivity contribution < 1.29 is 14.7 Å². The second-order valence-electron chi connectivity index (χ2n) is 5.54. The largest absolute Gasteiger partial charge is 0.480 e. The topological polar surface area (TPSA) is 78.4 Å². The summed E-state index contributed by atoms with van der Waals surface area (Å²) in [5, 5.41) is 15.3. The molecular weight excluding hydrogens is 276 g/mol. The number of hydrogen-bond acceptors (Lipinski definition) is 3.